The van der Waals surface area contributed by atoms with Gasteiger partial charge in [0.15, 0.2) is 4.80 Å². The maximum Gasteiger partial charge on any atom is 0.266 e. The minimum Gasteiger partial charge on any atom is -0.316 e. The highest BCUT2D eigenvalue weighted by atomic mass is 35.5. The number of carbonyl (C=O) groups is 1. The lowest BCUT2D eigenvalue weighted by Gasteiger charge is -2.21. The average molecular weight is 496 g/mol. The van der Waals surface area contributed by atoms with Crippen LogP contribution in [-0.4, -0.2) is 47.8 Å². The van der Waals surface area contributed by atoms with Crippen LogP contribution < -0.4 is 4.80 Å². The first-order valence-corrected chi connectivity index (χ1v) is 13.9. The van der Waals surface area contributed by atoms with Gasteiger partial charge >= 0.3 is 0 Å². The molecule has 0 N–H and O–H groups in total. The van der Waals surface area contributed by atoms with Crippen molar-refractivity contribution in [3.63, 3.8) is 0 Å². The van der Waals surface area contributed by atoms with Gasteiger partial charge in [0.1, 0.15) is 6.04 Å². The maximum atomic E-state index is 13.2. The fraction of sp³-hybridized carbons (Fsp3) is 0.333. The van der Waals surface area contributed by atoms with Gasteiger partial charge in [0.05, 0.1) is 15.1 Å². The van der Waals surface area contributed by atoms with E-state index in [-0.39, 0.29) is 4.90 Å². The molecule has 0 bridgehead atoms. The molecule has 1 aliphatic heterocycles. The van der Waals surface area contributed by atoms with Crippen LogP contribution in [0.5, 0.6) is 0 Å². The van der Waals surface area contributed by atoms with Crippen LogP contribution in [0.15, 0.2) is 58.4 Å². The summed E-state index contributed by atoms with van der Waals surface area (Å²) in [6.07, 6.45) is 3.12. The van der Waals surface area contributed by atoms with Crippen LogP contribution in [0, 0.1) is 0 Å². The van der Waals surface area contributed by atoms with E-state index in [2.05, 4.69) is 4.99 Å². The summed E-state index contributed by atoms with van der Waals surface area (Å²) in [5.41, 5.74) is 1.03. The molecule has 2 aromatic carbocycles. The van der Waals surface area contributed by atoms with Gasteiger partial charge in [0, 0.05) is 23.9 Å². The number of rotatable bonds is 6. The van der Waals surface area contributed by atoms with E-state index in [0.717, 1.165) is 22.5 Å². The molecule has 0 aliphatic carbocycles. The van der Waals surface area contributed by atoms with E-state index < -0.39 is 22.0 Å². The zero-order chi connectivity index (χ0) is 22.0. The molecule has 164 valence electrons. The number of aryl methyl sites for hydroxylation is 1. The molecule has 31 heavy (non-hydrogen) atoms. The average Bonchev–Trinajstić information content (AvgIpc) is 3.38. The molecule has 4 rings (SSSR count). The van der Waals surface area contributed by atoms with Gasteiger partial charge in [-0.1, -0.05) is 35.1 Å². The fourth-order valence-electron chi connectivity index (χ4n) is 3.69. The molecular weight excluding hydrogens is 474 g/mol. The van der Waals surface area contributed by atoms with E-state index in [9.17, 15) is 13.2 Å². The summed E-state index contributed by atoms with van der Waals surface area (Å²) >= 11 is 9.07. The monoisotopic (exact) mass is 495 g/mol. The van der Waals surface area contributed by atoms with Crippen molar-refractivity contribution >= 4 is 60.8 Å². The number of thiazole rings is 1. The summed E-state index contributed by atoms with van der Waals surface area (Å²) in [6, 6.07) is 13.2. The molecule has 1 fully saturated rings. The Morgan fingerprint density at radius 2 is 1.97 bits per heavy atom. The molecule has 0 spiro atoms. The molecule has 1 saturated heterocycles. The summed E-state index contributed by atoms with van der Waals surface area (Å²) in [5.74, 6) is 0.474. The first-order valence-electron chi connectivity index (χ1n) is 9.85. The molecule has 2 heterocycles. The number of para-hydroxylation sites is 1. The smallest absolute Gasteiger partial charge is 0.266 e. The van der Waals surface area contributed by atoms with E-state index in [1.165, 1.54) is 39.9 Å². The van der Waals surface area contributed by atoms with Gasteiger partial charge in [-0.25, -0.2) is 8.42 Å². The molecule has 0 radical (unpaired) electrons. The topological polar surface area (TPSA) is 71.7 Å². The van der Waals surface area contributed by atoms with Crippen molar-refractivity contribution in [2.45, 2.75) is 30.3 Å². The second-order valence-corrected chi connectivity index (χ2v) is 11.5. The number of hydrogen-bond donors (Lipinski definition) is 0. The Hall–Kier alpha value is -1.65. The molecule has 10 heteroatoms. The molecule has 3 aromatic rings. The molecule has 1 amide bonds. The highest BCUT2D eigenvalue weighted by Crippen LogP contribution is 2.27. The molecule has 1 aliphatic rings. The number of fused-ring (bicyclic) bond motifs is 1. The number of carbonyl (C=O) groups excluding carboxylic acids is 1. The van der Waals surface area contributed by atoms with Crippen LogP contribution in [0.25, 0.3) is 10.2 Å². The van der Waals surface area contributed by atoms with Crippen LogP contribution in [0.3, 0.4) is 0 Å². The van der Waals surface area contributed by atoms with Crippen molar-refractivity contribution in [1.29, 1.82) is 0 Å². The van der Waals surface area contributed by atoms with Gasteiger partial charge in [-0.05, 0) is 55.5 Å². The number of benzene rings is 2. The zero-order valence-electron chi connectivity index (χ0n) is 16.9. The van der Waals surface area contributed by atoms with Crippen molar-refractivity contribution < 1.29 is 13.2 Å². The van der Waals surface area contributed by atoms with Gasteiger partial charge in [-0.3, -0.25) is 4.79 Å². The second-order valence-electron chi connectivity index (χ2n) is 7.17. The van der Waals surface area contributed by atoms with Crippen LogP contribution in [0.2, 0.25) is 5.02 Å². The largest absolute Gasteiger partial charge is 0.316 e. The first kappa shape index (κ1) is 22.5. The van der Waals surface area contributed by atoms with Gasteiger partial charge in [-0.2, -0.15) is 21.1 Å². The van der Waals surface area contributed by atoms with Crippen LogP contribution in [-0.2, 0) is 21.4 Å². The summed E-state index contributed by atoms with van der Waals surface area (Å²) in [6.45, 7) is 1.03. The highest BCUT2D eigenvalue weighted by Gasteiger charge is 2.39. The third-order valence-corrected chi connectivity index (χ3v) is 9.05. The lowest BCUT2D eigenvalue weighted by Crippen LogP contribution is -2.40. The number of thioether (sulfide) groups is 1. The van der Waals surface area contributed by atoms with E-state index in [4.69, 9.17) is 11.6 Å². The van der Waals surface area contributed by atoms with Crippen molar-refractivity contribution in [3.8, 4) is 0 Å². The van der Waals surface area contributed by atoms with Crippen molar-refractivity contribution in [2.75, 3.05) is 18.6 Å². The second kappa shape index (κ2) is 9.46. The van der Waals surface area contributed by atoms with Crippen LogP contribution in [0.1, 0.15) is 12.8 Å². The quantitative estimate of drug-likeness (QED) is 0.518. The normalized spacial score (nSPS) is 18.1. The third kappa shape index (κ3) is 4.61. The maximum absolute atomic E-state index is 13.2. The van der Waals surface area contributed by atoms with Crippen molar-refractivity contribution in [1.82, 2.24) is 8.87 Å². The first-order chi connectivity index (χ1) is 14.9. The predicted octanol–water partition coefficient (Wildman–Crippen LogP) is 4.00. The Morgan fingerprint density at radius 3 is 2.71 bits per heavy atom. The van der Waals surface area contributed by atoms with Gasteiger partial charge in [0.25, 0.3) is 5.91 Å². The standard InChI is InChI=1S/C21H22ClN3O3S3/c1-29-14-13-24-17-5-2-3-7-19(17)30-21(24)23-20(26)18-6-4-12-25(18)31(27,28)16-10-8-15(22)9-11-16/h2-3,5,7-11,18H,4,6,12-14H2,1H3. The van der Waals surface area contributed by atoms with Gasteiger partial charge in [0.2, 0.25) is 10.0 Å². The molecule has 1 unspecified atom stereocenters. The number of halogens is 1. The molecule has 1 atom stereocenters. The lowest BCUT2D eigenvalue weighted by atomic mass is 10.2. The Labute approximate surface area is 194 Å². The SMILES string of the molecule is CSCCn1c(=NC(=O)C2CCCN2S(=O)(=O)c2ccc(Cl)cc2)sc2ccccc21. The number of amides is 1. The number of nitrogens with zero attached hydrogens (tertiary/aromatic N) is 3. The Balaban J connectivity index is 1.69. The van der Waals surface area contributed by atoms with E-state index in [0.29, 0.717) is 29.2 Å². The number of hydrogen-bond acceptors (Lipinski definition) is 5. The van der Waals surface area contributed by atoms with Crippen molar-refractivity contribution in [2.24, 2.45) is 4.99 Å². The Kier molecular flexibility index (Phi) is 6.88. The highest BCUT2D eigenvalue weighted by molar-refractivity contribution is 7.98. The zero-order valence-corrected chi connectivity index (χ0v) is 20.1. The fourth-order valence-corrected chi connectivity index (χ4v) is 6.89. The lowest BCUT2D eigenvalue weighted by molar-refractivity contribution is -0.121. The Bertz CT molecular complexity index is 1270. The Morgan fingerprint density at radius 1 is 1.23 bits per heavy atom. The van der Waals surface area contributed by atoms with Gasteiger partial charge < -0.3 is 4.57 Å². The van der Waals surface area contributed by atoms with Crippen molar-refractivity contribution in [3.05, 3.63) is 58.4 Å². The predicted molar refractivity (Wildman–Crippen MR) is 127 cm³/mol. The van der Waals surface area contributed by atoms with Crippen LogP contribution in [0.4, 0.5) is 0 Å². The molecule has 6 nitrogen and oxygen atoms in total. The van der Waals surface area contributed by atoms with E-state index >= 15 is 0 Å². The summed E-state index contributed by atoms with van der Waals surface area (Å²) in [7, 11) is -3.80. The number of aromatic nitrogens is 1. The summed E-state index contributed by atoms with van der Waals surface area (Å²) in [4.78, 5) is 18.3. The molecule has 0 saturated carbocycles. The number of sulfonamides is 1. The third-order valence-electron chi connectivity index (χ3n) is 5.22. The van der Waals surface area contributed by atoms with Crippen LogP contribution >= 0.6 is 34.7 Å². The van der Waals surface area contributed by atoms with Gasteiger partial charge in [-0.15, -0.1) is 0 Å². The van der Waals surface area contributed by atoms with E-state index in [1.54, 1.807) is 11.8 Å². The minimum atomic E-state index is -3.80. The molecular formula is C21H22ClN3O3S3. The minimum absolute atomic E-state index is 0.133. The molecule has 1 aromatic heterocycles. The van der Waals surface area contributed by atoms with E-state index in [1.807, 2.05) is 35.1 Å². The summed E-state index contributed by atoms with van der Waals surface area (Å²) < 4.78 is 30.7. The summed E-state index contributed by atoms with van der Waals surface area (Å²) in [5, 5.41) is 0.461.